The van der Waals surface area contributed by atoms with Crippen LogP contribution in [0.3, 0.4) is 0 Å². The van der Waals surface area contributed by atoms with E-state index in [9.17, 15) is 0 Å². The summed E-state index contributed by atoms with van der Waals surface area (Å²) in [7, 11) is 0. The minimum absolute atomic E-state index is 0.0621. The molecule has 0 aliphatic carbocycles. The molecule has 0 atom stereocenters. The normalized spacial score (nSPS) is 12.5. The van der Waals surface area contributed by atoms with Crippen molar-refractivity contribution in [2.24, 2.45) is 5.92 Å². The molecule has 0 heterocycles. The van der Waals surface area contributed by atoms with Crippen molar-refractivity contribution in [3.8, 4) is 0 Å². The third kappa shape index (κ3) is 3.97. The Labute approximate surface area is 85.8 Å². The van der Waals surface area contributed by atoms with E-state index in [-0.39, 0.29) is 5.54 Å². The Balaban J connectivity index is 3.93. The van der Waals surface area contributed by atoms with E-state index in [1.54, 1.807) is 0 Å². The minimum Gasteiger partial charge on any atom is -0.309 e. The molecular formula is C9H19Cl2N. The van der Waals surface area contributed by atoms with Crippen molar-refractivity contribution in [3.63, 3.8) is 0 Å². The van der Waals surface area contributed by atoms with E-state index < -0.39 is 0 Å². The number of nitrogens with one attached hydrogen (secondary N) is 1. The Hall–Kier alpha value is 0.540. The standard InChI is InChI=1S/C9H19Cl2N/c1-4-9(6-10,7-11)12-5-8(2)3/h8,12H,4-7H2,1-3H3. The molecule has 0 spiro atoms. The van der Waals surface area contributed by atoms with Crippen LogP contribution in [0.1, 0.15) is 27.2 Å². The van der Waals surface area contributed by atoms with Gasteiger partial charge in [0.2, 0.25) is 0 Å². The van der Waals surface area contributed by atoms with Crippen LogP contribution in [0.25, 0.3) is 0 Å². The van der Waals surface area contributed by atoms with Crippen LogP contribution < -0.4 is 5.32 Å². The van der Waals surface area contributed by atoms with E-state index in [1.165, 1.54) is 0 Å². The summed E-state index contributed by atoms with van der Waals surface area (Å²) in [6, 6.07) is 0. The van der Waals surface area contributed by atoms with Gasteiger partial charge in [-0.15, -0.1) is 23.2 Å². The molecule has 0 radical (unpaired) electrons. The van der Waals surface area contributed by atoms with Crippen LogP contribution in [0.4, 0.5) is 0 Å². The van der Waals surface area contributed by atoms with E-state index >= 15 is 0 Å². The maximum Gasteiger partial charge on any atom is 0.0451 e. The molecule has 0 rings (SSSR count). The fraction of sp³-hybridized carbons (Fsp3) is 1.00. The first-order valence-electron chi connectivity index (χ1n) is 4.47. The van der Waals surface area contributed by atoms with Crippen LogP contribution in [-0.4, -0.2) is 23.8 Å². The molecule has 0 fully saturated rings. The van der Waals surface area contributed by atoms with E-state index in [0.717, 1.165) is 13.0 Å². The second-order valence-electron chi connectivity index (χ2n) is 3.68. The van der Waals surface area contributed by atoms with Crippen LogP contribution in [0.15, 0.2) is 0 Å². The first-order valence-corrected chi connectivity index (χ1v) is 5.54. The minimum atomic E-state index is -0.0621. The number of alkyl halides is 2. The van der Waals surface area contributed by atoms with Gasteiger partial charge in [-0.05, 0) is 18.9 Å². The second kappa shape index (κ2) is 6.06. The average Bonchev–Trinajstić information content (AvgIpc) is 2.08. The van der Waals surface area contributed by atoms with Crippen LogP contribution in [-0.2, 0) is 0 Å². The maximum absolute atomic E-state index is 5.86. The summed E-state index contributed by atoms with van der Waals surface area (Å²) in [5.41, 5.74) is -0.0621. The molecule has 12 heavy (non-hydrogen) atoms. The summed E-state index contributed by atoms with van der Waals surface area (Å²) in [6.07, 6.45) is 0.979. The van der Waals surface area contributed by atoms with Gasteiger partial charge >= 0.3 is 0 Å². The van der Waals surface area contributed by atoms with Crippen LogP contribution in [0.2, 0.25) is 0 Å². The Morgan fingerprint density at radius 2 is 1.75 bits per heavy atom. The molecule has 3 heteroatoms. The monoisotopic (exact) mass is 211 g/mol. The van der Waals surface area contributed by atoms with Gasteiger partial charge in [0, 0.05) is 17.3 Å². The molecule has 1 nitrogen and oxygen atoms in total. The Morgan fingerprint density at radius 1 is 1.25 bits per heavy atom. The predicted molar refractivity (Wildman–Crippen MR) is 57.3 cm³/mol. The lowest BCUT2D eigenvalue weighted by atomic mass is 10.0. The summed E-state index contributed by atoms with van der Waals surface area (Å²) >= 11 is 11.7. The quantitative estimate of drug-likeness (QED) is 0.667. The van der Waals surface area contributed by atoms with Crippen molar-refractivity contribution in [1.82, 2.24) is 5.32 Å². The molecule has 0 amide bonds. The molecule has 0 unspecified atom stereocenters. The third-order valence-electron chi connectivity index (χ3n) is 2.07. The van der Waals surface area contributed by atoms with Crippen molar-refractivity contribution in [1.29, 1.82) is 0 Å². The highest BCUT2D eigenvalue weighted by Crippen LogP contribution is 2.14. The van der Waals surface area contributed by atoms with Gasteiger partial charge < -0.3 is 5.32 Å². The van der Waals surface area contributed by atoms with E-state index in [2.05, 4.69) is 26.1 Å². The second-order valence-corrected chi connectivity index (χ2v) is 4.21. The fourth-order valence-corrected chi connectivity index (χ4v) is 1.72. The largest absolute Gasteiger partial charge is 0.309 e. The van der Waals surface area contributed by atoms with Gasteiger partial charge in [0.1, 0.15) is 0 Å². The predicted octanol–water partition coefficient (Wildman–Crippen LogP) is 2.86. The smallest absolute Gasteiger partial charge is 0.0451 e. The topological polar surface area (TPSA) is 12.0 Å². The maximum atomic E-state index is 5.86. The number of hydrogen-bond donors (Lipinski definition) is 1. The van der Waals surface area contributed by atoms with Gasteiger partial charge in [-0.2, -0.15) is 0 Å². The van der Waals surface area contributed by atoms with Crippen molar-refractivity contribution in [3.05, 3.63) is 0 Å². The Morgan fingerprint density at radius 3 is 2.00 bits per heavy atom. The SMILES string of the molecule is CCC(CCl)(CCl)NCC(C)C. The first kappa shape index (κ1) is 12.5. The average molecular weight is 212 g/mol. The van der Waals surface area contributed by atoms with Crippen molar-refractivity contribution < 1.29 is 0 Å². The number of hydrogen-bond acceptors (Lipinski definition) is 1. The van der Waals surface area contributed by atoms with Crippen molar-refractivity contribution >= 4 is 23.2 Å². The highest BCUT2D eigenvalue weighted by molar-refractivity contribution is 6.22. The summed E-state index contributed by atoms with van der Waals surface area (Å²) < 4.78 is 0. The van der Waals surface area contributed by atoms with Gasteiger partial charge in [0.25, 0.3) is 0 Å². The van der Waals surface area contributed by atoms with Crippen LogP contribution in [0.5, 0.6) is 0 Å². The zero-order chi connectivity index (χ0) is 9.61. The van der Waals surface area contributed by atoms with E-state index in [0.29, 0.717) is 17.7 Å². The highest BCUT2D eigenvalue weighted by Gasteiger charge is 2.25. The lowest BCUT2D eigenvalue weighted by Gasteiger charge is -2.30. The zero-order valence-corrected chi connectivity index (χ0v) is 9.67. The molecular weight excluding hydrogens is 193 g/mol. The summed E-state index contributed by atoms with van der Waals surface area (Å²) in [6.45, 7) is 7.44. The third-order valence-corrected chi connectivity index (χ3v) is 3.10. The van der Waals surface area contributed by atoms with Crippen LogP contribution >= 0.6 is 23.2 Å². The highest BCUT2D eigenvalue weighted by atomic mass is 35.5. The molecule has 74 valence electrons. The van der Waals surface area contributed by atoms with Crippen molar-refractivity contribution in [2.45, 2.75) is 32.7 Å². The molecule has 0 bridgehead atoms. The summed E-state index contributed by atoms with van der Waals surface area (Å²) in [5.74, 6) is 1.81. The first-order chi connectivity index (χ1) is 5.60. The van der Waals surface area contributed by atoms with Gasteiger partial charge in [-0.25, -0.2) is 0 Å². The lowest BCUT2D eigenvalue weighted by molar-refractivity contribution is 0.362. The lowest BCUT2D eigenvalue weighted by Crippen LogP contribution is -2.49. The zero-order valence-electron chi connectivity index (χ0n) is 8.16. The molecule has 0 aliphatic rings. The van der Waals surface area contributed by atoms with E-state index in [4.69, 9.17) is 23.2 Å². The molecule has 0 aromatic rings. The van der Waals surface area contributed by atoms with Crippen molar-refractivity contribution in [2.75, 3.05) is 18.3 Å². The summed E-state index contributed by atoms with van der Waals surface area (Å²) in [4.78, 5) is 0. The Kier molecular flexibility index (Phi) is 6.34. The fourth-order valence-electron chi connectivity index (χ4n) is 0.865. The molecule has 0 aliphatic heterocycles. The molecule has 0 aromatic heterocycles. The molecule has 0 saturated heterocycles. The van der Waals surface area contributed by atoms with Gasteiger partial charge in [0.05, 0.1) is 0 Å². The molecule has 0 saturated carbocycles. The number of rotatable bonds is 6. The number of halogens is 2. The van der Waals surface area contributed by atoms with E-state index in [1.807, 2.05) is 0 Å². The van der Waals surface area contributed by atoms with Gasteiger partial charge in [-0.3, -0.25) is 0 Å². The van der Waals surface area contributed by atoms with Gasteiger partial charge in [-0.1, -0.05) is 20.8 Å². The van der Waals surface area contributed by atoms with Crippen LogP contribution in [0, 0.1) is 5.92 Å². The molecule has 1 N–H and O–H groups in total. The van der Waals surface area contributed by atoms with Gasteiger partial charge in [0.15, 0.2) is 0 Å². The Bertz CT molecular complexity index is 103. The summed E-state index contributed by atoms with van der Waals surface area (Å²) in [5, 5.41) is 3.42. The molecule has 0 aromatic carbocycles.